The Hall–Kier alpha value is -8.88. The van der Waals surface area contributed by atoms with Crippen molar-refractivity contribution in [3.8, 4) is 44.5 Å². The van der Waals surface area contributed by atoms with Gasteiger partial charge in [-0.05, 0) is 180 Å². The third-order valence-corrected chi connectivity index (χ3v) is 22.5. The van der Waals surface area contributed by atoms with Gasteiger partial charge < -0.3 is 74.6 Å². The molecular weight excluding hydrogens is 1740 g/mol. The molecule has 14 rings (SSSR count). The number of aliphatic imine (C=N–C) groups is 1. The van der Waals surface area contributed by atoms with E-state index >= 15 is 0 Å². The molecule has 0 spiro atoms. The highest BCUT2D eigenvalue weighted by Gasteiger charge is 2.44. The number of nitrogens with one attached hydrogen (secondary N) is 7. The Labute approximate surface area is 788 Å². The maximum absolute atomic E-state index is 13.8. The number of fused-ring (bicyclic) bond motifs is 4. The number of rotatable bonds is 22. The number of methoxy groups -OCH3 is 3. The van der Waals surface area contributed by atoms with Crippen LogP contribution in [0, 0.1) is 22.7 Å². The summed E-state index contributed by atoms with van der Waals surface area (Å²) in [6.07, 6.45) is 7.03. The van der Waals surface area contributed by atoms with Gasteiger partial charge in [-0.25, -0.2) is 39.3 Å². The maximum Gasteiger partial charge on any atom is 0.407 e. The number of carbonyl (C=O) groups excluding carboxylic acids is 7. The van der Waals surface area contributed by atoms with Crippen LogP contribution in [-0.2, 0) is 43.2 Å². The van der Waals surface area contributed by atoms with Gasteiger partial charge in [-0.3, -0.25) is 19.2 Å². The SMILES string of the molecule is C.COC(=O)N[C@H](C(=O)N1CCC[C@H]1c1nc2ccc(-c3ccc(-c4ccc5nc([C@@H]6CCCN6C(=O)[C@@H](NC(=O)OC)C(C)(C)C)[nH]c5c4)cc3)cc2[nH]1)C(C)(C)C.COOC=N[C@@H](CC(C)C)C(=O)N1CCC[C@H]1c1nc2ccc(-c3ccc(-c4ccc5nc([C@@H]6CCCN6C(=O)[C@H](CC(C)C)NC(=O)OC)[nH]c5c4)cc3)cc2[nH]1.S.S.S.S.S.S.S.S. The van der Waals surface area contributed by atoms with Crippen molar-refractivity contribution < 1.29 is 57.5 Å². The first-order valence-corrected chi connectivity index (χ1v) is 40.2. The van der Waals surface area contributed by atoms with Crippen molar-refractivity contribution in [2.24, 2.45) is 27.7 Å². The number of hydrogen-bond donors (Lipinski definition) is 7. The standard InChI is InChI=1S/2C44H54N8O6.CH4.8H2S/c1-43(2,3)35(49-41(55)57-7)39(53)51-21-9-11-33(51)37-45-29-19-17-27(23-31(29)47-37)25-13-15-26(16-14-25)28-18-20-30-32(24-28)48-38(46-30)34-12-10-22-52(34)40(54)36(44(4,5)6)50-42(56)58-8;1-26(2)21-36(45-25-58-57-6)42(53)51-19-7-9-38(51)40-46-32-17-15-30(23-34(32)48-40)28-11-13-29(14-12-28)31-16-18-33-35(24-31)49-41(47-33)39-10-8-20-52(39)43(54)37(22-27(3)4)50-44(55)56-5;;;;;;;;;/h13-20,23-24,33-36H,9-12,21-22H2,1-8H3,(H,45,47)(H,46,48)(H,49,55)(H,50,56);11-18,23-27,36-39H,7-10,19-22H2,1-6H3,(H,46,48)(H,47,49)(H,50,55);1H4;8*1H2/t33-,34-,35+,36+;36-,37-,38-,39-;;;;;;;;;/m00........./s1. The van der Waals surface area contributed by atoms with E-state index < -0.39 is 53.3 Å². The molecule has 4 aliphatic heterocycles. The Balaban J connectivity index is 0.000000489. The number of hydrogen-bond acceptors (Lipinski definition) is 17. The lowest BCUT2D eigenvalue weighted by Gasteiger charge is -2.34. The molecule has 0 radical (unpaired) electrons. The Bertz CT molecular complexity index is 5120. The van der Waals surface area contributed by atoms with E-state index in [1.807, 2.05) is 99.3 Å². The maximum atomic E-state index is 13.8. The number of aromatic amines is 4. The van der Waals surface area contributed by atoms with Crippen LogP contribution in [0.25, 0.3) is 88.6 Å². The highest BCUT2D eigenvalue weighted by atomic mass is 32.1. The summed E-state index contributed by atoms with van der Waals surface area (Å²) in [4.78, 5) is 146. The smallest absolute Gasteiger partial charge is 0.407 e. The number of carbonyl (C=O) groups is 7. The number of benzene rings is 6. The second kappa shape index (κ2) is 47.3. The summed E-state index contributed by atoms with van der Waals surface area (Å²) in [7, 11) is 5.29. The third-order valence-electron chi connectivity index (χ3n) is 22.5. The van der Waals surface area contributed by atoms with Gasteiger partial charge in [0.1, 0.15) is 47.5 Å². The van der Waals surface area contributed by atoms with E-state index in [1.165, 1.54) is 34.8 Å². The number of alkyl carbamates (subject to hydrolysis) is 3. The predicted molar refractivity (Wildman–Crippen MR) is 534 cm³/mol. The lowest BCUT2D eigenvalue weighted by atomic mass is 9.85. The van der Waals surface area contributed by atoms with E-state index in [0.717, 1.165) is 163 Å². The van der Waals surface area contributed by atoms with Crippen LogP contribution in [0.15, 0.2) is 126 Å². The highest BCUT2D eigenvalue weighted by molar-refractivity contribution is 7.60. The van der Waals surface area contributed by atoms with Crippen molar-refractivity contribution in [3.63, 3.8) is 0 Å². The van der Waals surface area contributed by atoms with Crippen LogP contribution in [0.1, 0.15) is 188 Å². The average Bonchev–Trinajstić information content (AvgIpc) is 1.61. The van der Waals surface area contributed by atoms with Gasteiger partial charge in [0, 0.05) is 26.2 Å². The summed E-state index contributed by atoms with van der Waals surface area (Å²) in [5.41, 5.74) is 14.3. The number of aromatic nitrogens is 8. The fourth-order valence-corrected chi connectivity index (χ4v) is 16.5. The predicted octanol–water partition coefficient (Wildman–Crippen LogP) is 17.1. The van der Waals surface area contributed by atoms with Crippen molar-refractivity contribution in [3.05, 3.63) is 145 Å². The van der Waals surface area contributed by atoms with Crippen LogP contribution in [0.5, 0.6) is 0 Å². The minimum Gasteiger partial charge on any atom is -0.453 e. The van der Waals surface area contributed by atoms with E-state index in [2.05, 4.69) is 157 Å². The Kier molecular flexibility index (Phi) is 41.0. The number of amides is 7. The molecule has 7 N–H and O–H groups in total. The van der Waals surface area contributed by atoms with Crippen molar-refractivity contribution >= 4 is 200 Å². The molecule has 0 unspecified atom stereocenters. The average molecular weight is 1870 g/mol. The second-order valence-electron chi connectivity index (χ2n) is 33.7. The summed E-state index contributed by atoms with van der Waals surface area (Å²) >= 11 is 0. The molecule has 7 amide bonds. The zero-order chi connectivity index (χ0) is 82.4. The van der Waals surface area contributed by atoms with E-state index in [0.29, 0.717) is 39.0 Å². The van der Waals surface area contributed by atoms with Crippen LogP contribution >= 0.6 is 108 Å². The fraction of sp³-hybridized carbons (Fsp3) is 0.461. The molecular formula is C89H128N16O12S8. The van der Waals surface area contributed by atoms with Crippen molar-refractivity contribution in [2.75, 3.05) is 54.6 Å². The number of imidazole rings is 4. The molecule has 36 heteroatoms. The monoisotopic (exact) mass is 1870 g/mol. The molecule has 0 saturated carbocycles. The zero-order valence-electron chi connectivity index (χ0n) is 72.7. The Morgan fingerprint density at radius 2 is 0.664 bits per heavy atom. The molecule has 684 valence electrons. The molecule has 8 heterocycles. The summed E-state index contributed by atoms with van der Waals surface area (Å²) in [5.74, 6) is 3.03. The van der Waals surface area contributed by atoms with Crippen LogP contribution in [-0.4, -0.2) is 187 Å². The van der Waals surface area contributed by atoms with E-state index in [1.54, 1.807) is 0 Å². The molecule has 125 heavy (non-hydrogen) atoms. The van der Waals surface area contributed by atoms with Gasteiger partial charge in [-0.15, -0.1) is 0 Å². The molecule has 0 bridgehead atoms. The van der Waals surface area contributed by atoms with E-state index in [4.69, 9.17) is 39.0 Å². The van der Waals surface area contributed by atoms with Crippen LogP contribution < -0.4 is 16.0 Å². The van der Waals surface area contributed by atoms with Crippen molar-refractivity contribution in [1.29, 1.82) is 0 Å². The largest absolute Gasteiger partial charge is 0.453 e. The first-order chi connectivity index (χ1) is 55.6. The van der Waals surface area contributed by atoms with Gasteiger partial charge in [-0.1, -0.05) is 149 Å². The number of likely N-dealkylation sites (tertiary alicyclic amines) is 4. The third kappa shape index (κ3) is 25.1. The highest BCUT2D eigenvalue weighted by Crippen LogP contribution is 2.41. The minimum absolute atomic E-state index is 0. The molecule has 4 aromatic heterocycles. The van der Waals surface area contributed by atoms with Gasteiger partial charge >= 0.3 is 18.3 Å². The lowest BCUT2D eigenvalue weighted by molar-refractivity contribution is -0.188. The second-order valence-corrected chi connectivity index (χ2v) is 33.7. The van der Waals surface area contributed by atoms with Crippen LogP contribution in [0.3, 0.4) is 0 Å². The molecule has 0 aliphatic carbocycles. The topological polar surface area (TPSA) is 342 Å². The quantitative estimate of drug-likeness (QED) is 0.0109. The molecule has 4 saturated heterocycles. The van der Waals surface area contributed by atoms with E-state index in [9.17, 15) is 33.6 Å². The molecule has 10 aromatic rings. The lowest BCUT2D eigenvalue weighted by Crippen LogP contribution is -2.54. The van der Waals surface area contributed by atoms with Gasteiger partial charge in [-0.2, -0.15) is 113 Å². The molecule has 28 nitrogen and oxygen atoms in total. The molecule has 4 aliphatic rings. The van der Waals surface area contributed by atoms with Crippen LogP contribution in [0.4, 0.5) is 14.4 Å². The fourth-order valence-electron chi connectivity index (χ4n) is 16.5. The van der Waals surface area contributed by atoms with Crippen molar-refractivity contribution in [2.45, 2.75) is 189 Å². The van der Waals surface area contributed by atoms with Gasteiger partial charge in [0.25, 0.3) is 0 Å². The number of H-pyrrole nitrogens is 4. The van der Waals surface area contributed by atoms with Gasteiger partial charge in [0.15, 0.2) is 0 Å². The molecule has 4 fully saturated rings. The van der Waals surface area contributed by atoms with Crippen LogP contribution in [0.2, 0.25) is 0 Å². The normalized spacial score (nSPS) is 17.0. The molecule has 6 aromatic carbocycles. The van der Waals surface area contributed by atoms with Gasteiger partial charge in [0.05, 0.1) is 96.7 Å². The van der Waals surface area contributed by atoms with Gasteiger partial charge in [0.2, 0.25) is 30.0 Å². The van der Waals surface area contributed by atoms with Crippen molar-refractivity contribution in [1.82, 2.24) is 75.4 Å². The first kappa shape index (κ1) is 108. The Morgan fingerprint density at radius 1 is 0.400 bits per heavy atom. The molecule has 8 atom stereocenters. The Morgan fingerprint density at radius 3 is 0.928 bits per heavy atom. The minimum atomic E-state index is -0.746. The van der Waals surface area contributed by atoms with E-state index in [-0.39, 0.29) is 175 Å². The summed E-state index contributed by atoms with van der Waals surface area (Å²) in [6.45, 7) is 22.2. The zero-order valence-corrected chi connectivity index (χ0v) is 80.7. The first-order valence-electron chi connectivity index (χ1n) is 40.2. The summed E-state index contributed by atoms with van der Waals surface area (Å²) in [5, 5.41) is 8.23. The summed E-state index contributed by atoms with van der Waals surface area (Å²) < 4.78 is 14.4. The number of ether oxygens (including phenoxy) is 3. The number of nitrogens with zero attached hydrogens (tertiary/aromatic N) is 9. The summed E-state index contributed by atoms with van der Waals surface area (Å²) in [6, 6.07) is 38.0.